The second-order valence-corrected chi connectivity index (χ2v) is 7.79. The van der Waals surface area contributed by atoms with E-state index < -0.39 is 20.8 Å². The van der Waals surface area contributed by atoms with E-state index >= 15 is 0 Å². The minimum atomic E-state index is -3.62. The standard InChI is InChI=1S/C10H15ClN2O3S2/c1-8(7-17(3)14)13(2)18(15,16)9-4-5-10(11)12-6-9/h4-6,8H,7H2,1-3H3/t8-,17-/m1/s1. The normalized spacial score (nSPS) is 15.6. The first-order valence-electron chi connectivity index (χ1n) is 5.14. The first kappa shape index (κ1) is 15.6. The minimum absolute atomic E-state index is 0.0723. The topological polar surface area (TPSA) is 67.3 Å². The summed E-state index contributed by atoms with van der Waals surface area (Å²) in [7, 11) is -3.22. The molecule has 0 aliphatic carbocycles. The zero-order valence-corrected chi connectivity index (χ0v) is 12.7. The number of hydrogen-bond acceptors (Lipinski definition) is 4. The van der Waals surface area contributed by atoms with E-state index in [0.29, 0.717) is 0 Å². The molecule has 0 bridgehead atoms. The maximum absolute atomic E-state index is 12.2. The highest BCUT2D eigenvalue weighted by Gasteiger charge is 2.26. The van der Waals surface area contributed by atoms with Gasteiger partial charge in [0.05, 0.1) is 0 Å². The summed E-state index contributed by atoms with van der Waals surface area (Å²) in [5.41, 5.74) is 0. The number of nitrogens with zero attached hydrogens (tertiary/aromatic N) is 2. The molecule has 1 aromatic heterocycles. The van der Waals surface area contributed by atoms with E-state index in [1.165, 1.54) is 29.7 Å². The summed E-state index contributed by atoms with van der Waals surface area (Å²) in [6.45, 7) is 1.71. The lowest BCUT2D eigenvalue weighted by molar-refractivity contribution is 0.413. The first-order valence-corrected chi connectivity index (χ1v) is 8.69. The molecule has 1 heterocycles. The highest BCUT2D eigenvalue weighted by atomic mass is 35.5. The van der Waals surface area contributed by atoms with Crippen LogP contribution in [0.5, 0.6) is 0 Å². The Bertz CT molecular complexity index is 531. The van der Waals surface area contributed by atoms with Gasteiger partial charge in [-0.3, -0.25) is 4.21 Å². The second kappa shape index (κ2) is 6.10. The summed E-state index contributed by atoms with van der Waals surface area (Å²) in [6.07, 6.45) is 2.75. The number of halogens is 1. The monoisotopic (exact) mass is 310 g/mol. The SMILES string of the molecule is C[C@H](C[S@@](C)=O)N(C)S(=O)(=O)c1ccc(Cl)nc1. The zero-order valence-electron chi connectivity index (χ0n) is 10.3. The number of aromatic nitrogens is 1. The molecule has 0 saturated carbocycles. The van der Waals surface area contributed by atoms with Crippen molar-refractivity contribution in [3.63, 3.8) is 0 Å². The Hall–Kier alpha value is -0.500. The van der Waals surface area contributed by atoms with Crippen molar-refractivity contribution in [1.29, 1.82) is 0 Å². The predicted octanol–water partition coefficient (Wildman–Crippen LogP) is 1.12. The van der Waals surface area contributed by atoms with E-state index in [1.807, 2.05) is 0 Å². The molecule has 102 valence electrons. The fourth-order valence-corrected chi connectivity index (χ4v) is 3.78. The molecular weight excluding hydrogens is 296 g/mol. The van der Waals surface area contributed by atoms with Gasteiger partial charge in [-0.05, 0) is 19.1 Å². The molecule has 0 radical (unpaired) electrons. The van der Waals surface area contributed by atoms with Crippen LogP contribution >= 0.6 is 11.6 Å². The Morgan fingerprint density at radius 3 is 2.56 bits per heavy atom. The van der Waals surface area contributed by atoms with Crippen molar-refractivity contribution in [1.82, 2.24) is 9.29 Å². The Balaban J connectivity index is 2.99. The Morgan fingerprint density at radius 2 is 2.11 bits per heavy atom. The number of hydrogen-bond donors (Lipinski definition) is 0. The zero-order chi connectivity index (χ0) is 13.9. The van der Waals surface area contributed by atoms with Crippen LogP contribution in [-0.2, 0) is 20.8 Å². The second-order valence-electron chi connectivity index (χ2n) is 3.93. The summed E-state index contributed by atoms with van der Waals surface area (Å²) in [5.74, 6) is 0.288. The summed E-state index contributed by atoms with van der Waals surface area (Å²) >= 11 is 5.61. The van der Waals surface area contributed by atoms with Crippen LogP contribution in [0.25, 0.3) is 0 Å². The van der Waals surface area contributed by atoms with Gasteiger partial charge < -0.3 is 0 Å². The van der Waals surface area contributed by atoms with E-state index in [4.69, 9.17) is 11.6 Å². The van der Waals surface area contributed by atoms with Crippen LogP contribution in [0.2, 0.25) is 5.15 Å². The molecule has 2 atom stereocenters. The Morgan fingerprint density at radius 1 is 1.50 bits per heavy atom. The molecule has 0 aromatic carbocycles. The predicted molar refractivity (Wildman–Crippen MR) is 72.6 cm³/mol. The largest absolute Gasteiger partial charge is 0.260 e. The van der Waals surface area contributed by atoms with Crippen LogP contribution in [-0.4, -0.2) is 47.0 Å². The molecule has 5 nitrogen and oxygen atoms in total. The molecule has 0 aliphatic heterocycles. The molecule has 0 saturated heterocycles. The quantitative estimate of drug-likeness (QED) is 0.764. The van der Waals surface area contributed by atoms with Gasteiger partial charge in [-0.15, -0.1) is 0 Å². The summed E-state index contributed by atoms with van der Waals surface area (Å²) in [4.78, 5) is 3.82. The summed E-state index contributed by atoms with van der Waals surface area (Å²) in [6, 6.07) is 2.47. The average Bonchev–Trinajstić information content (AvgIpc) is 2.27. The van der Waals surface area contributed by atoms with Crippen LogP contribution in [0.1, 0.15) is 6.92 Å². The average molecular weight is 311 g/mol. The fraction of sp³-hybridized carbons (Fsp3) is 0.500. The molecule has 0 spiro atoms. The molecule has 0 amide bonds. The van der Waals surface area contributed by atoms with Gasteiger partial charge in [0.2, 0.25) is 10.0 Å². The molecule has 0 N–H and O–H groups in total. The highest BCUT2D eigenvalue weighted by Crippen LogP contribution is 2.17. The van der Waals surface area contributed by atoms with Crippen molar-refractivity contribution < 1.29 is 12.6 Å². The molecular formula is C10H15ClN2O3S2. The van der Waals surface area contributed by atoms with Crippen LogP contribution in [0.3, 0.4) is 0 Å². The lowest BCUT2D eigenvalue weighted by atomic mass is 10.4. The van der Waals surface area contributed by atoms with Crippen LogP contribution < -0.4 is 0 Å². The van der Waals surface area contributed by atoms with Crippen molar-refractivity contribution in [2.45, 2.75) is 17.9 Å². The number of sulfonamides is 1. The van der Waals surface area contributed by atoms with Gasteiger partial charge >= 0.3 is 0 Å². The van der Waals surface area contributed by atoms with E-state index in [-0.39, 0.29) is 21.8 Å². The molecule has 0 unspecified atom stereocenters. The van der Waals surface area contributed by atoms with Gasteiger partial charge in [-0.1, -0.05) is 11.6 Å². The number of pyridine rings is 1. The van der Waals surface area contributed by atoms with Crippen molar-refractivity contribution in [3.05, 3.63) is 23.5 Å². The molecule has 18 heavy (non-hydrogen) atoms. The Labute approximate surface area is 115 Å². The molecule has 8 heteroatoms. The summed E-state index contributed by atoms with van der Waals surface area (Å²) < 4.78 is 36.7. The van der Waals surface area contributed by atoms with Gasteiger partial charge in [0.15, 0.2) is 0 Å². The van der Waals surface area contributed by atoms with Gasteiger partial charge in [-0.2, -0.15) is 4.31 Å². The third kappa shape index (κ3) is 3.74. The van der Waals surface area contributed by atoms with Gasteiger partial charge in [-0.25, -0.2) is 13.4 Å². The van der Waals surface area contributed by atoms with Crippen molar-refractivity contribution in [2.75, 3.05) is 19.1 Å². The molecule has 1 aromatic rings. The van der Waals surface area contributed by atoms with Crippen LogP contribution in [0.4, 0.5) is 0 Å². The van der Waals surface area contributed by atoms with Crippen LogP contribution in [0.15, 0.2) is 23.2 Å². The smallest absolute Gasteiger partial charge is 0.244 e. The third-order valence-electron chi connectivity index (χ3n) is 2.47. The van der Waals surface area contributed by atoms with E-state index in [1.54, 1.807) is 13.2 Å². The highest BCUT2D eigenvalue weighted by molar-refractivity contribution is 7.89. The lowest BCUT2D eigenvalue weighted by Gasteiger charge is -2.23. The molecule has 0 fully saturated rings. The van der Waals surface area contributed by atoms with Gasteiger partial charge in [0.1, 0.15) is 10.0 Å². The lowest BCUT2D eigenvalue weighted by Crippen LogP contribution is -2.38. The minimum Gasteiger partial charge on any atom is -0.260 e. The van der Waals surface area contributed by atoms with Crippen molar-refractivity contribution in [3.8, 4) is 0 Å². The molecule has 1 rings (SSSR count). The van der Waals surface area contributed by atoms with Crippen LogP contribution in [0, 0.1) is 0 Å². The third-order valence-corrected chi connectivity index (χ3v) is 5.60. The summed E-state index contributed by atoms with van der Waals surface area (Å²) in [5, 5.41) is 0.235. The van der Waals surface area contributed by atoms with Crippen molar-refractivity contribution in [2.24, 2.45) is 0 Å². The van der Waals surface area contributed by atoms with E-state index in [2.05, 4.69) is 4.98 Å². The van der Waals surface area contributed by atoms with Gasteiger partial charge in [0, 0.05) is 42.1 Å². The maximum atomic E-state index is 12.2. The number of rotatable bonds is 5. The van der Waals surface area contributed by atoms with E-state index in [9.17, 15) is 12.6 Å². The molecule has 0 aliphatic rings. The Kier molecular flexibility index (Phi) is 5.27. The van der Waals surface area contributed by atoms with E-state index in [0.717, 1.165) is 0 Å². The van der Waals surface area contributed by atoms with Gasteiger partial charge in [0.25, 0.3) is 0 Å². The van der Waals surface area contributed by atoms with Crippen molar-refractivity contribution >= 4 is 32.4 Å². The fourth-order valence-electron chi connectivity index (χ4n) is 1.36. The first-order chi connectivity index (χ1) is 8.25. The maximum Gasteiger partial charge on any atom is 0.244 e.